The second-order valence-corrected chi connectivity index (χ2v) is 5.65. The third-order valence-electron chi connectivity index (χ3n) is 2.73. The minimum atomic E-state index is -1.55. The van der Waals surface area contributed by atoms with Crippen molar-refractivity contribution >= 4 is 0 Å². The van der Waals surface area contributed by atoms with Gasteiger partial charge in [-0.2, -0.15) is 0 Å². The molecule has 0 radical (unpaired) electrons. The molecule has 1 aromatic carbocycles. The SMILES string of the molecule is CC(C)(C)NCCc1nnc(-c2ccc(F)c(F)c2F)o1. The van der Waals surface area contributed by atoms with Crippen LogP contribution in [0.5, 0.6) is 0 Å². The van der Waals surface area contributed by atoms with Crippen molar-refractivity contribution < 1.29 is 17.6 Å². The number of nitrogens with one attached hydrogen (secondary N) is 1. The monoisotopic (exact) mass is 299 g/mol. The van der Waals surface area contributed by atoms with Crippen LogP contribution in [-0.4, -0.2) is 22.3 Å². The molecule has 0 fully saturated rings. The van der Waals surface area contributed by atoms with Gasteiger partial charge in [-0.25, -0.2) is 13.2 Å². The van der Waals surface area contributed by atoms with E-state index in [0.29, 0.717) is 18.9 Å². The summed E-state index contributed by atoms with van der Waals surface area (Å²) in [6, 6.07) is 1.89. The fourth-order valence-electron chi connectivity index (χ4n) is 1.70. The number of nitrogens with zero attached hydrogens (tertiary/aromatic N) is 2. The lowest BCUT2D eigenvalue weighted by atomic mass is 10.1. The molecule has 0 spiro atoms. The first-order valence-corrected chi connectivity index (χ1v) is 6.49. The van der Waals surface area contributed by atoms with Crippen molar-refractivity contribution in [2.24, 2.45) is 0 Å². The summed E-state index contributed by atoms with van der Waals surface area (Å²) in [5.41, 5.74) is -0.300. The van der Waals surface area contributed by atoms with E-state index in [9.17, 15) is 13.2 Å². The Hall–Kier alpha value is -1.89. The van der Waals surface area contributed by atoms with Crippen molar-refractivity contribution in [1.82, 2.24) is 15.5 Å². The topological polar surface area (TPSA) is 51.0 Å². The zero-order chi connectivity index (χ0) is 15.6. The first-order valence-electron chi connectivity index (χ1n) is 6.49. The van der Waals surface area contributed by atoms with E-state index in [1.54, 1.807) is 0 Å². The van der Waals surface area contributed by atoms with Crippen LogP contribution in [0.15, 0.2) is 16.5 Å². The summed E-state index contributed by atoms with van der Waals surface area (Å²) < 4.78 is 44.9. The van der Waals surface area contributed by atoms with Gasteiger partial charge in [-0.3, -0.25) is 0 Å². The summed E-state index contributed by atoms with van der Waals surface area (Å²) in [6.07, 6.45) is 0.454. The van der Waals surface area contributed by atoms with Crippen LogP contribution in [-0.2, 0) is 6.42 Å². The number of aromatic nitrogens is 2. The molecule has 1 aromatic heterocycles. The van der Waals surface area contributed by atoms with E-state index >= 15 is 0 Å². The lowest BCUT2D eigenvalue weighted by molar-refractivity contribution is 0.410. The van der Waals surface area contributed by atoms with E-state index < -0.39 is 17.5 Å². The maximum Gasteiger partial charge on any atom is 0.250 e. The van der Waals surface area contributed by atoms with Crippen LogP contribution in [0.3, 0.4) is 0 Å². The Balaban J connectivity index is 2.12. The van der Waals surface area contributed by atoms with Crippen LogP contribution in [0, 0.1) is 17.5 Å². The van der Waals surface area contributed by atoms with Crippen LogP contribution >= 0.6 is 0 Å². The summed E-state index contributed by atoms with van der Waals surface area (Å²) >= 11 is 0. The van der Waals surface area contributed by atoms with Crippen molar-refractivity contribution in [3.8, 4) is 11.5 Å². The van der Waals surface area contributed by atoms with Gasteiger partial charge in [0.25, 0.3) is 5.89 Å². The summed E-state index contributed by atoms with van der Waals surface area (Å²) in [5.74, 6) is -4.02. The van der Waals surface area contributed by atoms with Crippen molar-refractivity contribution in [2.75, 3.05) is 6.54 Å². The minimum Gasteiger partial charge on any atom is -0.421 e. The van der Waals surface area contributed by atoms with Gasteiger partial charge in [0, 0.05) is 18.5 Å². The molecule has 4 nitrogen and oxygen atoms in total. The van der Waals surface area contributed by atoms with Gasteiger partial charge in [0.15, 0.2) is 17.5 Å². The molecule has 1 heterocycles. The Morgan fingerprint density at radius 3 is 2.48 bits per heavy atom. The first-order chi connectivity index (χ1) is 9.78. The fourth-order valence-corrected chi connectivity index (χ4v) is 1.70. The number of halogens is 3. The number of rotatable bonds is 4. The van der Waals surface area contributed by atoms with Gasteiger partial charge in [0.2, 0.25) is 5.89 Å². The van der Waals surface area contributed by atoms with Crippen LogP contribution in [0.25, 0.3) is 11.5 Å². The Morgan fingerprint density at radius 1 is 1.10 bits per heavy atom. The van der Waals surface area contributed by atoms with Gasteiger partial charge >= 0.3 is 0 Å². The fraction of sp³-hybridized carbons (Fsp3) is 0.429. The van der Waals surface area contributed by atoms with Gasteiger partial charge in [0.1, 0.15) is 0 Å². The summed E-state index contributed by atoms with van der Waals surface area (Å²) in [6.45, 7) is 6.65. The van der Waals surface area contributed by atoms with Crippen LogP contribution in [0.2, 0.25) is 0 Å². The lowest BCUT2D eigenvalue weighted by Gasteiger charge is -2.19. The van der Waals surface area contributed by atoms with Gasteiger partial charge in [-0.1, -0.05) is 0 Å². The molecule has 21 heavy (non-hydrogen) atoms. The van der Waals surface area contributed by atoms with Crippen LogP contribution < -0.4 is 5.32 Å². The second-order valence-electron chi connectivity index (χ2n) is 5.65. The van der Waals surface area contributed by atoms with E-state index in [-0.39, 0.29) is 17.0 Å². The Labute approximate surface area is 120 Å². The standard InChI is InChI=1S/C14H16F3N3O/c1-14(2,3)18-7-6-10-19-20-13(21-10)8-4-5-9(15)12(17)11(8)16/h4-5,18H,6-7H2,1-3H3. The number of benzene rings is 1. The molecule has 0 aliphatic heterocycles. The molecule has 2 rings (SSSR count). The molecule has 0 aliphatic rings. The maximum atomic E-state index is 13.6. The van der Waals surface area contributed by atoms with Crippen molar-refractivity contribution in [3.63, 3.8) is 0 Å². The first kappa shape index (κ1) is 15.5. The van der Waals surface area contributed by atoms with E-state index in [0.717, 1.165) is 12.1 Å². The summed E-state index contributed by atoms with van der Waals surface area (Å²) in [4.78, 5) is 0. The molecule has 0 saturated heterocycles. The summed E-state index contributed by atoms with van der Waals surface area (Å²) in [5, 5.41) is 10.7. The predicted octanol–water partition coefficient (Wildman–Crippen LogP) is 3.08. The smallest absolute Gasteiger partial charge is 0.250 e. The molecule has 0 atom stereocenters. The summed E-state index contributed by atoms with van der Waals surface area (Å²) in [7, 11) is 0. The van der Waals surface area contributed by atoms with Crippen molar-refractivity contribution in [3.05, 3.63) is 35.5 Å². The average Bonchev–Trinajstić information content (AvgIpc) is 2.83. The van der Waals surface area contributed by atoms with E-state index in [1.165, 1.54) is 0 Å². The molecule has 1 N–H and O–H groups in total. The molecule has 114 valence electrons. The second kappa shape index (κ2) is 5.85. The molecule has 7 heteroatoms. The molecule has 0 saturated carbocycles. The van der Waals surface area contributed by atoms with E-state index in [1.807, 2.05) is 20.8 Å². The number of hydrogen-bond donors (Lipinski definition) is 1. The van der Waals surface area contributed by atoms with Crippen LogP contribution in [0.4, 0.5) is 13.2 Å². The minimum absolute atomic E-state index is 0.0466. The highest BCUT2D eigenvalue weighted by Crippen LogP contribution is 2.24. The number of hydrogen-bond acceptors (Lipinski definition) is 4. The van der Waals surface area contributed by atoms with E-state index in [4.69, 9.17) is 4.42 Å². The zero-order valence-electron chi connectivity index (χ0n) is 12.0. The maximum absolute atomic E-state index is 13.6. The van der Waals surface area contributed by atoms with Gasteiger partial charge in [-0.15, -0.1) is 10.2 Å². The van der Waals surface area contributed by atoms with Gasteiger partial charge in [0.05, 0.1) is 5.56 Å². The Bertz CT molecular complexity index is 635. The molecule has 0 unspecified atom stereocenters. The quantitative estimate of drug-likeness (QED) is 0.881. The average molecular weight is 299 g/mol. The van der Waals surface area contributed by atoms with Crippen molar-refractivity contribution in [2.45, 2.75) is 32.7 Å². The Kier molecular flexibility index (Phi) is 4.32. The van der Waals surface area contributed by atoms with Gasteiger partial charge < -0.3 is 9.73 Å². The molecule has 2 aromatic rings. The van der Waals surface area contributed by atoms with Gasteiger partial charge in [-0.05, 0) is 32.9 Å². The highest BCUT2D eigenvalue weighted by atomic mass is 19.2. The third kappa shape index (κ3) is 3.81. The zero-order valence-corrected chi connectivity index (χ0v) is 12.0. The molecule has 0 bridgehead atoms. The predicted molar refractivity (Wildman–Crippen MR) is 71.1 cm³/mol. The largest absolute Gasteiger partial charge is 0.421 e. The molecular weight excluding hydrogens is 283 g/mol. The Morgan fingerprint density at radius 2 is 1.81 bits per heavy atom. The van der Waals surface area contributed by atoms with Crippen LogP contribution in [0.1, 0.15) is 26.7 Å². The molecule has 0 amide bonds. The lowest BCUT2D eigenvalue weighted by Crippen LogP contribution is -2.37. The molecular formula is C14H16F3N3O. The highest BCUT2D eigenvalue weighted by Gasteiger charge is 2.19. The normalized spacial score (nSPS) is 11.9. The van der Waals surface area contributed by atoms with Crippen molar-refractivity contribution in [1.29, 1.82) is 0 Å². The third-order valence-corrected chi connectivity index (χ3v) is 2.73. The highest BCUT2D eigenvalue weighted by molar-refractivity contribution is 5.53. The van der Waals surface area contributed by atoms with E-state index in [2.05, 4.69) is 15.5 Å². The molecule has 0 aliphatic carbocycles.